The molecule has 1 aromatic heterocycles. The molecule has 6 nitrogen and oxygen atoms in total. The number of hydrogen-bond acceptors (Lipinski definition) is 5. The molecule has 0 aliphatic carbocycles. The van der Waals surface area contributed by atoms with Gasteiger partial charge >= 0.3 is 0 Å². The predicted molar refractivity (Wildman–Crippen MR) is 65.0 cm³/mol. The van der Waals surface area contributed by atoms with Crippen LogP contribution in [0, 0.1) is 6.92 Å². The molecule has 0 saturated heterocycles. The van der Waals surface area contributed by atoms with E-state index in [9.17, 15) is 4.79 Å². The molecule has 2 heterocycles. The van der Waals surface area contributed by atoms with Crippen LogP contribution >= 0.6 is 0 Å². The molecule has 0 unspecified atom stereocenters. The number of hydrogen-bond donors (Lipinski definition) is 1. The van der Waals surface area contributed by atoms with Crippen molar-refractivity contribution in [3.63, 3.8) is 0 Å². The van der Waals surface area contributed by atoms with Gasteiger partial charge in [-0.15, -0.1) is 0 Å². The number of aryl methyl sites for hydroxylation is 1. The first-order valence-corrected chi connectivity index (χ1v) is 5.81. The van der Waals surface area contributed by atoms with Gasteiger partial charge in [0.15, 0.2) is 23.1 Å². The summed E-state index contributed by atoms with van der Waals surface area (Å²) in [6, 6.07) is 5.54. The van der Waals surface area contributed by atoms with Crippen molar-refractivity contribution in [2.75, 3.05) is 6.79 Å². The number of amides is 1. The molecule has 6 heteroatoms. The molecule has 1 aliphatic heterocycles. The topological polar surface area (TPSA) is 73.6 Å². The zero-order valence-electron chi connectivity index (χ0n) is 10.3. The maximum Gasteiger partial charge on any atom is 0.273 e. The fourth-order valence-corrected chi connectivity index (χ4v) is 1.79. The van der Waals surface area contributed by atoms with Gasteiger partial charge in [-0.05, 0) is 17.7 Å². The normalized spacial score (nSPS) is 12.5. The number of carbonyl (C=O) groups is 1. The Morgan fingerprint density at radius 1 is 1.37 bits per heavy atom. The minimum atomic E-state index is -0.269. The monoisotopic (exact) mass is 260 g/mol. The maximum absolute atomic E-state index is 11.8. The van der Waals surface area contributed by atoms with Gasteiger partial charge in [-0.3, -0.25) is 4.79 Å². The molecule has 1 aliphatic rings. The standard InChI is InChI=1S/C13H12N2O4/c1-8-15-10(6-17-8)13(16)14-5-9-2-3-11-12(4-9)19-7-18-11/h2-4,6H,5,7H2,1H3,(H,14,16). The second kappa shape index (κ2) is 4.64. The first-order chi connectivity index (χ1) is 9.22. The second-order valence-electron chi connectivity index (χ2n) is 4.12. The second-order valence-corrected chi connectivity index (χ2v) is 4.12. The van der Waals surface area contributed by atoms with Gasteiger partial charge in [0.25, 0.3) is 5.91 Å². The Morgan fingerprint density at radius 2 is 2.21 bits per heavy atom. The zero-order chi connectivity index (χ0) is 13.2. The highest BCUT2D eigenvalue weighted by Crippen LogP contribution is 2.32. The number of rotatable bonds is 3. The van der Waals surface area contributed by atoms with E-state index in [0.717, 1.165) is 11.3 Å². The summed E-state index contributed by atoms with van der Waals surface area (Å²) in [5.74, 6) is 1.62. The van der Waals surface area contributed by atoms with Gasteiger partial charge in [0, 0.05) is 13.5 Å². The molecule has 0 bridgehead atoms. The van der Waals surface area contributed by atoms with Crippen molar-refractivity contribution >= 4 is 5.91 Å². The van der Waals surface area contributed by atoms with E-state index >= 15 is 0 Å². The fourth-order valence-electron chi connectivity index (χ4n) is 1.79. The molecule has 1 aromatic carbocycles. The largest absolute Gasteiger partial charge is 0.454 e. The van der Waals surface area contributed by atoms with E-state index < -0.39 is 0 Å². The fraction of sp³-hybridized carbons (Fsp3) is 0.231. The van der Waals surface area contributed by atoms with Crippen LogP contribution in [0.3, 0.4) is 0 Å². The Hall–Kier alpha value is -2.50. The van der Waals surface area contributed by atoms with E-state index in [0.29, 0.717) is 18.2 Å². The Morgan fingerprint density at radius 3 is 3.00 bits per heavy atom. The minimum Gasteiger partial charge on any atom is -0.454 e. The summed E-state index contributed by atoms with van der Waals surface area (Å²) in [7, 11) is 0. The summed E-state index contributed by atoms with van der Waals surface area (Å²) in [4.78, 5) is 15.7. The smallest absolute Gasteiger partial charge is 0.273 e. The van der Waals surface area contributed by atoms with Gasteiger partial charge in [-0.25, -0.2) is 4.98 Å². The van der Waals surface area contributed by atoms with Crippen LogP contribution in [0.25, 0.3) is 0 Å². The van der Waals surface area contributed by atoms with Crippen LogP contribution in [0.5, 0.6) is 11.5 Å². The van der Waals surface area contributed by atoms with Crippen molar-refractivity contribution < 1.29 is 18.7 Å². The van der Waals surface area contributed by atoms with Gasteiger partial charge in [0.1, 0.15) is 6.26 Å². The molecule has 0 atom stereocenters. The molecular formula is C13H12N2O4. The Labute approximate surface area is 109 Å². The molecule has 98 valence electrons. The average Bonchev–Trinajstić information content (AvgIpc) is 3.03. The average molecular weight is 260 g/mol. The molecule has 19 heavy (non-hydrogen) atoms. The summed E-state index contributed by atoms with van der Waals surface area (Å²) < 4.78 is 15.5. The molecule has 0 spiro atoms. The number of aromatic nitrogens is 1. The van der Waals surface area contributed by atoms with Gasteiger partial charge in [-0.2, -0.15) is 0 Å². The van der Waals surface area contributed by atoms with Gasteiger partial charge < -0.3 is 19.2 Å². The van der Waals surface area contributed by atoms with E-state index in [-0.39, 0.29) is 18.4 Å². The lowest BCUT2D eigenvalue weighted by molar-refractivity contribution is 0.0946. The highest BCUT2D eigenvalue weighted by atomic mass is 16.7. The van der Waals surface area contributed by atoms with Crippen LogP contribution in [-0.4, -0.2) is 17.7 Å². The number of fused-ring (bicyclic) bond motifs is 1. The molecule has 1 N–H and O–H groups in total. The van der Waals surface area contributed by atoms with E-state index in [1.165, 1.54) is 6.26 Å². The van der Waals surface area contributed by atoms with Crippen molar-refractivity contribution in [1.82, 2.24) is 10.3 Å². The lowest BCUT2D eigenvalue weighted by Gasteiger charge is -2.04. The zero-order valence-corrected chi connectivity index (χ0v) is 10.3. The lowest BCUT2D eigenvalue weighted by atomic mass is 10.2. The predicted octanol–water partition coefficient (Wildman–Crippen LogP) is 1.64. The first kappa shape index (κ1) is 11.6. The highest BCUT2D eigenvalue weighted by molar-refractivity contribution is 5.91. The maximum atomic E-state index is 11.8. The molecule has 0 radical (unpaired) electrons. The number of nitrogens with one attached hydrogen (secondary N) is 1. The lowest BCUT2D eigenvalue weighted by Crippen LogP contribution is -2.23. The molecular weight excluding hydrogens is 248 g/mol. The van der Waals surface area contributed by atoms with Crippen LogP contribution in [0.15, 0.2) is 28.9 Å². The van der Waals surface area contributed by atoms with Crippen molar-refractivity contribution in [3.8, 4) is 11.5 Å². The van der Waals surface area contributed by atoms with E-state index in [4.69, 9.17) is 13.9 Å². The van der Waals surface area contributed by atoms with Crippen molar-refractivity contribution in [3.05, 3.63) is 41.6 Å². The van der Waals surface area contributed by atoms with Crippen LogP contribution in [0.4, 0.5) is 0 Å². The van der Waals surface area contributed by atoms with E-state index in [1.54, 1.807) is 6.92 Å². The number of ether oxygens (including phenoxy) is 2. The van der Waals surface area contributed by atoms with Gasteiger partial charge in [0.2, 0.25) is 6.79 Å². The third-order valence-electron chi connectivity index (χ3n) is 2.74. The summed E-state index contributed by atoms with van der Waals surface area (Å²) >= 11 is 0. The molecule has 0 saturated carbocycles. The molecule has 2 aromatic rings. The summed E-state index contributed by atoms with van der Waals surface area (Å²) in [6.07, 6.45) is 1.34. The quantitative estimate of drug-likeness (QED) is 0.908. The van der Waals surface area contributed by atoms with Crippen LogP contribution in [0.1, 0.15) is 21.9 Å². The Bertz CT molecular complexity index is 621. The number of nitrogens with zero attached hydrogens (tertiary/aromatic N) is 1. The summed E-state index contributed by atoms with van der Waals surface area (Å²) in [5, 5.41) is 2.76. The molecule has 1 amide bonds. The van der Waals surface area contributed by atoms with Crippen LogP contribution < -0.4 is 14.8 Å². The van der Waals surface area contributed by atoms with Crippen molar-refractivity contribution in [2.24, 2.45) is 0 Å². The van der Waals surface area contributed by atoms with Crippen molar-refractivity contribution in [1.29, 1.82) is 0 Å². The third kappa shape index (κ3) is 2.37. The number of oxazole rings is 1. The van der Waals surface area contributed by atoms with Crippen LogP contribution in [0.2, 0.25) is 0 Å². The Balaban J connectivity index is 1.64. The number of carbonyl (C=O) groups excluding carboxylic acids is 1. The highest BCUT2D eigenvalue weighted by Gasteiger charge is 2.14. The van der Waals surface area contributed by atoms with E-state index in [2.05, 4.69) is 10.3 Å². The van der Waals surface area contributed by atoms with Gasteiger partial charge in [-0.1, -0.05) is 6.07 Å². The van der Waals surface area contributed by atoms with Crippen molar-refractivity contribution in [2.45, 2.75) is 13.5 Å². The summed E-state index contributed by atoms with van der Waals surface area (Å²) in [6.45, 7) is 2.32. The first-order valence-electron chi connectivity index (χ1n) is 5.81. The van der Waals surface area contributed by atoms with Crippen LogP contribution in [-0.2, 0) is 6.54 Å². The molecule has 0 fully saturated rings. The molecule has 3 rings (SSSR count). The van der Waals surface area contributed by atoms with E-state index in [1.807, 2.05) is 18.2 Å². The minimum absolute atomic E-state index is 0.239. The summed E-state index contributed by atoms with van der Waals surface area (Å²) in [5.41, 5.74) is 1.20. The Kier molecular flexibility index (Phi) is 2.83. The SMILES string of the molecule is Cc1nc(C(=O)NCc2ccc3c(c2)OCO3)co1. The third-order valence-corrected chi connectivity index (χ3v) is 2.74. The van der Waals surface area contributed by atoms with Gasteiger partial charge in [0.05, 0.1) is 0 Å². The number of benzene rings is 1.